The lowest BCUT2D eigenvalue weighted by molar-refractivity contribution is -0.144. The van der Waals surface area contributed by atoms with Crippen molar-refractivity contribution in [2.24, 2.45) is 0 Å². The molecule has 0 aliphatic carbocycles. The van der Waals surface area contributed by atoms with Crippen molar-refractivity contribution in [3.63, 3.8) is 0 Å². The third-order valence-electron chi connectivity index (χ3n) is 5.67. The summed E-state index contributed by atoms with van der Waals surface area (Å²) in [7, 11) is 0. The molecule has 0 amide bonds. The zero-order valence-electron chi connectivity index (χ0n) is 19.2. The molecule has 1 aromatic heterocycles. The molecule has 1 aliphatic rings. The molecule has 0 spiro atoms. The molecule has 4 atom stereocenters. The maximum atomic E-state index is 14.5. The number of hydrogen-bond acceptors (Lipinski definition) is 7. The molecule has 35 heavy (non-hydrogen) atoms. The number of aliphatic hydroxyl groups excluding tert-OH is 1. The van der Waals surface area contributed by atoms with Gasteiger partial charge >= 0.3 is 5.69 Å². The fourth-order valence-corrected chi connectivity index (χ4v) is 3.79. The Morgan fingerprint density at radius 2 is 1.57 bits per heavy atom. The second-order valence-electron chi connectivity index (χ2n) is 8.17. The summed E-state index contributed by atoms with van der Waals surface area (Å²) < 4.78 is 38.4. The van der Waals surface area contributed by atoms with Gasteiger partial charge in [0.1, 0.15) is 25.7 Å². The zero-order chi connectivity index (χ0) is 24.8. The zero-order valence-corrected chi connectivity index (χ0v) is 19.2. The van der Waals surface area contributed by atoms with Crippen LogP contribution in [0.4, 0.5) is 4.39 Å². The minimum atomic E-state index is -1.18. The van der Waals surface area contributed by atoms with Crippen molar-refractivity contribution in [2.75, 3.05) is 6.79 Å². The third kappa shape index (κ3) is 5.92. The highest BCUT2D eigenvalue weighted by Crippen LogP contribution is 2.30. The maximum Gasteiger partial charge on any atom is 0.335 e. The van der Waals surface area contributed by atoms with E-state index >= 15 is 0 Å². The monoisotopic (exact) mass is 486 g/mol. The van der Waals surface area contributed by atoms with Crippen LogP contribution in [-0.4, -0.2) is 39.3 Å². The lowest BCUT2D eigenvalue weighted by atomic mass is 10.1. The number of halogens is 1. The quantitative estimate of drug-likeness (QED) is 0.346. The Hall–Kier alpha value is -3.15. The highest BCUT2D eigenvalue weighted by atomic mass is 19.1. The minimum Gasteiger partial charge on any atom is -0.388 e. The summed E-state index contributed by atoms with van der Waals surface area (Å²) in [5.41, 5.74) is -0.202. The molecule has 0 bridgehead atoms. The molecule has 2 aromatic carbocycles. The van der Waals surface area contributed by atoms with Gasteiger partial charge in [-0.1, -0.05) is 60.7 Å². The summed E-state index contributed by atoms with van der Waals surface area (Å²) in [4.78, 5) is 25.4. The summed E-state index contributed by atoms with van der Waals surface area (Å²) in [5.74, 6) is -1.16. The van der Waals surface area contributed by atoms with E-state index in [1.54, 1.807) is 6.92 Å². The third-order valence-corrected chi connectivity index (χ3v) is 5.67. The molecule has 0 unspecified atom stereocenters. The molecule has 3 aromatic rings. The summed E-state index contributed by atoms with van der Waals surface area (Å²) in [6.07, 6.45) is -3.26. The van der Waals surface area contributed by atoms with Gasteiger partial charge in [-0.3, -0.25) is 9.36 Å². The first-order valence-electron chi connectivity index (χ1n) is 11.2. The number of aliphatic hydroxyl groups is 1. The van der Waals surface area contributed by atoms with Crippen LogP contribution in [0.15, 0.2) is 76.4 Å². The molecule has 10 heteroatoms. The van der Waals surface area contributed by atoms with Gasteiger partial charge in [-0.05, 0) is 18.1 Å². The van der Waals surface area contributed by atoms with E-state index in [9.17, 15) is 19.1 Å². The van der Waals surface area contributed by atoms with Gasteiger partial charge in [0.05, 0.1) is 25.5 Å². The van der Waals surface area contributed by atoms with Crippen LogP contribution < -0.4 is 11.2 Å². The van der Waals surface area contributed by atoms with Crippen molar-refractivity contribution < 1.29 is 28.4 Å². The fourth-order valence-electron chi connectivity index (χ4n) is 3.79. The molecular weight excluding hydrogens is 459 g/mol. The summed E-state index contributed by atoms with van der Waals surface area (Å²) >= 11 is 0. The van der Waals surface area contributed by atoms with Gasteiger partial charge in [-0.15, -0.1) is 0 Å². The van der Waals surface area contributed by atoms with E-state index in [1.165, 1.54) is 0 Å². The lowest BCUT2D eigenvalue weighted by Crippen LogP contribution is -2.45. The highest BCUT2D eigenvalue weighted by molar-refractivity contribution is 5.14. The molecule has 186 valence electrons. The van der Waals surface area contributed by atoms with E-state index in [1.807, 2.05) is 60.7 Å². The largest absolute Gasteiger partial charge is 0.388 e. The van der Waals surface area contributed by atoms with Crippen molar-refractivity contribution in [1.82, 2.24) is 9.13 Å². The highest BCUT2D eigenvalue weighted by Gasteiger charge is 2.44. The van der Waals surface area contributed by atoms with Crippen LogP contribution in [0.1, 0.15) is 24.3 Å². The molecule has 9 nitrogen and oxygen atoms in total. The molecule has 0 radical (unpaired) electrons. The molecule has 0 saturated carbocycles. The normalized spacial score (nSPS) is 21.9. The van der Waals surface area contributed by atoms with Crippen LogP contribution in [0.3, 0.4) is 0 Å². The predicted molar refractivity (Wildman–Crippen MR) is 123 cm³/mol. The van der Waals surface area contributed by atoms with E-state index in [2.05, 4.69) is 0 Å². The van der Waals surface area contributed by atoms with Gasteiger partial charge < -0.3 is 24.1 Å². The van der Waals surface area contributed by atoms with E-state index in [4.69, 9.17) is 18.9 Å². The smallest absolute Gasteiger partial charge is 0.335 e. The van der Waals surface area contributed by atoms with E-state index in [0.29, 0.717) is 4.57 Å². The lowest BCUT2D eigenvalue weighted by Gasteiger charge is -2.23. The number of hydrogen-bond donors (Lipinski definition) is 1. The topological polar surface area (TPSA) is 101 Å². The molecule has 1 N–H and O–H groups in total. The van der Waals surface area contributed by atoms with Crippen molar-refractivity contribution in [3.05, 3.63) is 105 Å². The Bertz CT molecular complexity index is 1220. The van der Waals surface area contributed by atoms with Crippen molar-refractivity contribution in [2.45, 2.75) is 51.4 Å². The second kappa shape index (κ2) is 11.5. The fraction of sp³-hybridized carbons (Fsp3) is 0.360. The van der Waals surface area contributed by atoms with Gasteiger partial charge in [0, 0.05) is 0 Å². The Morgan fingerprint density at radius 1 is 0.971 bits per heavy atom. The first-order chi connectivity index (χ1) is 17.0. The molecule has 1 saturated heterocycles. The SMILES string of the molecule is C[C@H]1O[C@@H](n2cc(F)c(=O)n(COCc3ccccc3)c2=O)[C@H](OCOCc2ccccc2)[C@@H]1O. The Kier molecular flexibility index (Phi) is 8.21. The van der Waals surface area contributed by atoms with E-state index < -0.39 is 48.3 Å². The van der Waals surface area contributed by atoms with Crippen molar-refractivity contribution in [3.8, 4) is 0 Å². The van der Waals surface area contributed by atoms with Crippen LogP contribution in [-0.2, 0) is 38.9 Å². The summed E-state index contributed by atoms with van der Waals surface area (Å²) in [6, 6.07) is 18.6. The summed E-state index contributed by atoms with van der Waals surface area (Å²) in [6.45, 7) is 1.36. The molecule has 4 rings (SSSR count). The maximum absolute atomic E-state index is 14.5. The Balaban J connectivity index is 1.48. The van der Waals surface area contributed by atoms with Gasteiger partial charge in [0.25, 0.3) is 5.56 Å². The second-order valence-corrected chi connectivity index (χ2v) is 8.17. The average Bonchev–Trinajstić information content (AvgIpc) is 3.15. The Labute approximate surface area is 200 Å². The van der Waals surface area contributed by atoms with Gasteiger partial charge in [-0.25, -0.2) is 9.36 Å². The number of ether oxygens (including phenoxy) is 4. The minimum absolute atomic E-state index is 0.128. The van der Waals surface area contributed by atoms with Gasteiger partial charge in [0.15, 0.2) is 6.23 Å². The first-order valence-corrected chi connectivity index (χ1v) is 11.2. The molecule has 2 heterocycles. The number of benzene rings is 2. The van der Waals surface area contributed by atoms with Crippen molar-refractivity contribution in [1.29, 1.82) is 0 Å². The van der Waals surface area contributed by atoms with Crippen LogP contribution in [0.25, 0.3) is 0 Å². The number of rotatable bonds is 10. The number of aromatic nitrogens is 2. The molecule has 1 fully saturated rings. The van der Waals surface area contributed by atoms with Gasteiger partial charge in [-0.2, -0.15) is 4.39 Å². The van der Waals surface area contributed by atoms with Crippen LogP contribution in [0, 0.1) is 5.82 Å². The Morgan fingerprint density at radius 3 is 2.20 bits per heavy atom. The average molecular weight is 486 g/mol. The van der Waals surface area contributed by atoms with Crippen LogP contribution >= 0.6 is 0 Å². The predicted octanol–water partition coefficient (Wildman–Crippen LogP) is 2.16. The van der Waals surface area contributed by atoms with E-state index in [0.717, 1.165) is 21.9 Å². The molecule has 1 aliphatic heterocycles. The molecular formula is C25H27FN2O7. The standard InChI is InChI=1S/C25H27FN2O7/c1-17-21(29)22(34-16-33-14-19-10-6-3-7-11-19)24(35-17)27-12-20(26)23(30)28(25(27)31)15-32-13-18-8-4-2-5-9-18/h2-12,17,21-22,24,29H,13-16H2,1H3/t17-,21-,22-,24-/m1/s1. The van der Waals surface area contributed by atoms with Crippen LogP contribution in [0.5, 0.6) is 0 Å². The number of nitrogens with zero attached hydrogens (tertiary/aromatic N) is 2. The van der Waals surface area contributed by atoms with Crippen LogP contribution in [0.2, 0.25) is 0 Å². The first kappa shape index (κ1) is 25.0. The summed E-state index contributed by atoms with van der Waals surface area (Å²) in [5, 5.41) is 10.5. The van der Waals surface area contributed by atoms with Gasteiger partial charge in [0.2, 0.25) is 5.82 Å². The van der Waals surface area contributed by atoms with Crippen molar-refractivity contribution >= 4 is 0 Å². The van der Waals surface area contributed by atoms with E-state index in [-0.39, 0.29) is 20.0 Å².